The van der Waals surface area contributed by atoms with Crippen molar-refractivity contribution in [1.82, 2.24) is 35.0 Å². The molecule has 0 saturated carbocycles. The molecule has 0 fully saturated rings. The molecular formula is C26H21N7O2. The standard InChI is InChI=1S/C26H21N7O2/c1-34-21-5-7-23-25(14-21)32(30-28-23)16-18-3-2-4-19(13-18)17-35-22-6-8-24-26(15-22)33(31-29-24)20-9-11-27-12-10-20/h2-15H,16-17H2,1H3. The van der Waals surface area contributed by atoms with Crippen LogP contribution in [-0.4, -0.2) is 42.1 Å². The van der Waals surface area contributed by atoms with Gasteiger partial charge in [0.05, 0.1) is 30.4 Å². The zero-order chi connectivity index (χ0) is 23.6. The van der Waals surface area contributed by atoms with E-state index in [0.717, 1.165) is 50.4 Å². The predicted molar refractivity (Wildman–Crippen MR) is 131 cm³/mol. The maximum Gasteiger partial charge on any atom is 0.122 e. The molecule has 0 bridgehead atoms. The largest absolute Gasteiger partial charge is 0.497 e. The quantitative estimate of drug-likeness (QED) is 0.350. The molecule has 3 aromatic heterocycles. The second kappa shape index (κ2) is 8.86. The third kappa shape index (κ3) is 4.15. The Hall–Kier alpha value is -4.79. The van der Waals surface area contributed by atoms with Crippen molar-refractivity contribution in [3.63, 3.8) is 0 Å². The number of pyridine rings is 1. The number of benzene rings is 3. The van der Waals surface area contributed by atoms with Gasteiger partial charge in [-0.25, -0.2) is 9.36 Å². The summed E-state index contributed by atoms with van der Waals surface area (Å²) in [5.74, 6) is 1.52. The first-order valence-corrected chi connectivity index (χ1v) is 11.1. The third-order valence-corrected chi connectivity index (χ3v) is 5.77. The number of hydrogen-bond acceptors (Lipinski definition) is 7. The van der Waals surface area contributed by atoms with Crippen molar-refractivity contribution in [2.24, 2.45) is 0 Å². The van der Waals surface area contributed by atoms with Gasteiger partial charge in [-0.1, -0.05) is 34.7 Å². The highest BCUT2D eigenvalue weighted by atomic mass is 16.5. The van der Waals surface area contributed by atoms with Crippen LogP contribution in [0.4, 0.5) is 0 Å². The number of hydrogen-bond donors (Lipinski definition) is 0. The van der Waals surface area contributed by atoms with Crippen LogP contribution in [-0.2, 0) is 13.2 Å². The molecule has 9 nitrogen and oxygen atoms in total. The van der Waals surface area contributed by atoms with Crippen LogP contribution >= 0.6 is 0 Å². The van der Waals surface area contributed by atoms with Crippen molar-refractivity contribution >= 4 is 22.1 Å². The molecule has 9 heteroatoms. The molecule has 0 atom stereocenters. The average Bonchev–Trinajstić information content (AvgIpc) is 3.51. The second-order valence-corrected chi connectivity index (χ2v) is 8.07. The van der Waals surface area contributed by atoms with E-state index in [0.29, 0.717) is 13.2 Å². The summed E-state index contributed by atoms with van der Waals surface area (Å²) in [7, 11) is 1.65. The molecule has 3 heterocycles. The molecule has 0 aliphatic rings. The molecule has 6 rings (SSSR count). The molecule has 172 valence electrons. The number of rotatable bonds is 7. The highest BCUT2D eigenvalue weighted by Crippen LogP contribution is 2.23. The Morgan fingerprint density at radius 2 is 1.49 bits per heavy atom. The molecule has 0 aliphatic carbocycles. The first kappa shape index (κ1) is 20.8. The van der Waals surface area contributed by atoms with Gasteiger partial charge in [0.1, 0.15) is 29.1 Å². The molecule has 0 N–H and O–H groups in total. The monoisotopic (exact) mass is 463 g/mol. The lowest BCUT2D eigenvalue weighted by molar-refractivity contribution is 0.306. The Morgan fingerprint density at radius 1 is 0.743 bits per heavy atom. The minimum Gasteiger partial charge on any atom is -0.497 e. The van der Waals surface area contributed by atoms with Crippen molar-refractivity contribution < 1.29 is 9.47 Å². The summed E-state index contributed by atoms with van der Waals surface area (Å²) >= 11 is 0. The zero-order valence-electron chi connectivity index (χ0n) is 18.9. The van der Waals surface area contributed by atoms with E-state index in [-0.39, 0.29) is 0 Å². The molecule has 0 saturated heterocycles. The fourth-order valence-corrected chi connectivity index (χ4v) is 4.01. The molecule has 0 radical (unpaired) electrons. The van der Waals surface area contributed by atoms with Gasteiger partial charge in [0.15, 0.2) is 0 Å². The average molecular weight is 464 g/mol. The molecule has 6 aromatic rings. The Kier molecular flexibility index (Phi) is 5.27. The van der Waals surface area contributed by atoms with E-state index in [1.54, 1.807) is 24.2 Å². The second-order valence-electron chi connectivity index (χ2n) is 8.07. The van der Waals surface area contributed by atoms with Crippen molar-refractivity contribution in [2.75, 3.05) is 7.11 Å². The van der Waals surface area contributed by atoms with Crippen LogP contribution in [0, 0.1) is 0 Å². The first-order chi connectivity index (χ1) is 17.3. The fourth-order valence-electron chi connectivity index (χ4n) is 4.01. The van der Waals surface area contributed by atoms with Crippen molar-refractivity contribution in [3.8, 4) is 17.2 Å². The van der Waals surface area contributed by atoms with Crippen LogP contribution in [0.2, 0.25) is 0 Å². The predicted octanol–water partition coefficient (Wildman–Crippen LogP) is 4.20. The van der Waals surface area contributed by atoms with Crippen molar-refractivity contribution in [2.45, 2.75) is 13.2 Å². The van der Waals surface area contributed by atoms with Gasteiger partial charge in [-0.3, -0.25) is 4.98 Å². The molecule has 0 aliphatic heterocycles. The highest BCUT2D eigenvalue weighted by Gasteiger charge is 2.10. The topological polar surface area (TPSA) is 92.8 Å². The highest BCUT2D eigenvalue weighted by molar-refractivity contribution is 5.78. The van der Waals surface area contributed by atoms with Crippen LogP contribution in [0.25, 0.3) is 27.8 Å². The smallest absolute Gasteiger partial charge is 0.122 e. The summed E-state index contributed by atoms with van der Waals surface area (Å²) in [5, 5.41) is 17.1. The normalized spacial score (nSPS) is 11.2. The summed E-state index contributed by atoms with van der Waals surface area (Å²) in [6.45, 7) is 1.03. The van der Waals surface area contributed by atoms with Gasteiger partial charge >= 0.3 is 0 Å². The Balaban J connectivity index is 1.20. The van der Waals surface area contributed by atoms with Crippen LogP contribution in [0.5, 0.6) is 11.5 Å². The summed E-state index contributed by atoms with van der Waals surface area (Å²) in [6, 6.07) is 23.6. The van der Waals surface area contributed by atoms with Gasteiger partial charge in [0.25, 0.3) is 0 Å². The van der Waals surface area contributed by atoms with Gasteiger partial charge in [0, 0.05) is 24.5 Å². The van der Waals surface area contributed by atoms with Crippen LogP contribution in [0.15, 0.2) is 85.2 Å². The summed E-state index contributed by atoms with van der Waals surface area (Å²) in [4.78, 5) is 4.07. The maximum absolute atomic E-state index is 6.12. The lowest BCUT2D eigenvalue weighted by Gasteiger charge is -2.09. The minimum atomic E-state index is 0.433. The van der Waals surface area contributed by atoms with Crippen LogP contribution in [0.3, 0.4) is 0 Å². The first-order valence-electron chi connectivity index (χ1n) is 11.1. The minimum absolute atomic E-state index is 0.433. The van der Waals surface area contributed by atoms with E-state index < -0.39 is 0 Å². The Morgan fingerprint density at radius 3 is 2.34 bits per heavy atom. The maximum atomic E-state index is 6.12. The number of ether oxygens (including phenoxy) is 2. The van der Waals surface area contributed by atoms with Crippen LogP contribution in [0.1, 0.15) is 11.1 Å². The van der Waals surface area contributed by atoms with E-state index in [2.05, 4.69) is 37.7 Å². The summed E-state index contributed by atoms with van der Waals surface area (Å²) in [5.41, 5.74) is 6.50. The van der Waals surface area contributed by atoms with E-state index >= 15 is 0 Å². The Bertz CT molecular complexity index is 1630. The fraction of sp³-hybridized carbons (Fsp3) is 0.115. The Labute approximate surface area is 200 Å². The molecule has 3 aromatic carbocycles. The molecule has 35 heavy (non-hydrogen) atoms. The van der Waals surface area contributed by atoms with E-state index in [9.17, 15) is 0 Å². The van der Waals surface area contributed by atoms with Crippen molar-refractivity contribution in [1.29, 1.82) is 0 Å². The number of methoxy groups -OCH3 is 1. The molecule has 0 spiro atoms. The third-order valence-electron chi connectivity index (χ3n) is 5.77. The molecular weight excluding hydrogens is 442 g/mol. The van der Waals surface area contributed by atoms with E-state index in [4.69, 9.17) is 9.47 Å². The lowest BCUT2D eigenvalue weighted by Crippen LogP contribution is -2.03. The lowest BCUT2D eigenvalue weighted by atomic mass is 10.1. The van der Waals surface area contributed by atoms with Gasteiger partial charge in [0.2, 0.25) is 0 Å². The molecule has 0 unspecified atom stereocenters. The van der Waals surface area contributed by atoms with Gasteiger partial charge in [-0.05, 0) is 47.5 Å². The van der Waals surface area contributed by atoms with Crippen molar-refractivity contribution in [3.05, 3.63) is 96.3 Å². The summed E-state index contributed by atoms with van der Waals surface area (Å²) in [6.07, 6.45) is 3.46. The van der Waals surface area contributed by atoms with Crippen LogP contribution < -0.4 is 9.47 Å². The zero-order valence-corrected chi connectivity index (χ0v) is 18.9. The summed E-state index contributed by atoms with van der Waals surface area (Å²) < 4.78 is 15.1. The van der Waals surface area contributed by atoms with Gasteiger partial charge < -0.3 is 9.47 Å². The van der Waals surface area contributed by atoms with E-state index in [1.807, 2.05) is 65.3 Å². The molecule has 0 amide bonds. The number of nitrogens with zero attached hydrogens (tertiary/aromatic N) is 7. The van der Waals surface area contributed by atoms with E-state index in [1.165, 1.54) is 0 Å². The number of fused-ring (bicyclic) bond motifs is 2. The number of aromatic nitrogens is 7. The van der Waals surface area contributed by atoms with Gasteiger partial charge in [-0.2, -0.15) is 0 Å². The van der Waals surface area contributed by atoms with Gasteiger partial charge in [-0.15, -0.1) is 10.2 Å². The SMILES string of the molecule is COc1ccc2nnn(Cc3cccc(COc4ccc5nnn(-c6ccncc6)c5c4)c3)c2c1.